The first kappa shape index (κ1) is 21.4. The number of rotatable bonds is 5. The molecule has 0 aliphatic carbocycles. The van der Waals surface area contributed by atoms with Crippen LogP contribution in [-0.2, 0) is 11.2 Å². The quantitative estimate of drug-likeness (QED) is 0.250. The van der Waals surface area contributed by atoms with Crippen LogP contribution in [-0.4, -0.2) is 22.0 Å². The van der Waals surface area contributed by atoms with Gasteiger partial charge in [-0.05, 0) is 25.8 Å². The molecule has 0 unspecified atom stereocenters. The second-order valence-electron chi connectivity index (χ2n) is 8.12. The van der Waals surface area contributed by atoms with E-state index >= 15 is 0 Å². The van der Waals surface area contributed by atoms with Crippen LogP contribution in [0.25, 0.3) is 0 Å². The first-order valence-corrected chi connectivity index (χ1v) is 10.5. The van der Waals surface area contributed by atoms with Gasteiger partial charge in [-0.15, -0.1) is 0 Å². The molecule has 0 saturated heterocycles. The molecule has 0 amide bonds. The number of phenolic OH excluding ortho intramolecular Hbond substituents is 2. The third kappa shape index (κ3) is 3.89. The maximum absolute atomic E-state index is 13.3. The molecule has 5 nitrogen and oxygen atoms in total. The second-order valence-corrected chi connectivity index (χ2v) is 8.12. The monoisotopic (exact) mass is 428 g/mol. The van der Waals surface area contributed by atoms with Crippen molar-refractivity contribution in [2.75, 3.05) is 0 Å². The van der Waals surface area contributed by atoms with Crippen molar-refractivity contribution in [2.24, 2.45) is 0 Å². The lowest BCUT2D eigenvalue weighted by Gasteiger charge is -2.29. The molecule has 3 aromatic carbocycles. The molecule has 0 aromatic heterocycles. The minimum Gasteiger partial charge on any atom is -0.507 e. The minimum atomic E-state index is -0.499. The molecular formula is C27H24O5. The van der Waals surface area contributed by atoms with Gasteiger partial charge in [-0.25, -0.2) is 0 Å². The van der Waals surface area contributed by atoms with Crippen molar-refractivity contribution in [3.05, 3.63) is 100 Å². The molecule has 2 N–H and O–H groups in total. The largest absolute Gasteiger partial charge is 0.507 e. The molecule has 5 heteroatoms. The van der Waals surface area contributed by atoms with Crippen LogP contribution in [0.1, 0.15) is 58.8 Å². The summed E-state index contributed by atoms with van der Waals surface area (Å²) in [5.41, 5.74) is 2.65. The fourth-order valence-corrected chi connectivity index (χ4v) is 4.05. The number of esters is 1. The van der Waals surface area contributed by atoms with E-state index in [1.807, 2.05) is 50.3 Å². The number of hydrogen-bond donors (Lipinski definition) is 2. The van der Waals surface area contributed by atoms with Crippen molar-refractivity contribution >= 4 is 11.8 Å². The highest BCUT2D eigenvalue weighted by atomic mass is 16.5. The summed E-state index contributed by atoms with van der Waals surface area (Å²) in [6.45, 7) is 3.83. The summed E-state index contributed by atoms with van der Waals surface area (Å²) in [6, 6.07) is 17.8. The van der Waals surface area contributed by atoms with Crippen molar-refractivity contribution < 1.29 is 24.5 Å². The van der Waals surface area contributed by atoms with Gasteiger partial charge in [0.05, 0.1) is 6.42 Å². The van der Waals surface area contributed by atoms with E-state index in [-0.39, 0.29) is 35.7 Å². The molecule has 0 spiro atoms. The van der Waals surface area contributed by atoms with Gasteiger partial charge in [-0.2, -0.15) is 0 Å². The number of aromatic hydroxyl groups is 2. The van der Waals surface area contributed by atoms with E-state index in [9.17, 15) is 19.8 Å². The topological polar surface area (TPSA) is 83.8 Å². The summed E-state index contributed by atoms with van der Waals surface area (Å²) in [7, 11) is 0. The molecule has 4 rings (SSSR count). The zero-order chi connectivity index (χ0) is 22.8. The van der Waals surface area contributed by atoms with Gasteiger partial charge in [0.15, 0.2) is 0 Å². The lowest BCUT2D eigenvalue weighted by Crippen LogP contribution is -2.23. The summed E-state index contributed by atoms with van der Waals surface area (Å²) in [5.74, 6) is -2.04. The molecule has 162 valence electrons. The predicted octanol–water partition coefficient (Wildman–Crippen LogP) is 5.28. The molecule has 1 heterocycles. The first-order valence-electron chi connectivity index (χ1n) is 10.5. The summed E-state index contributed by atoms with van der Waals surface area (Å²) in [5, 5.41) is 22.4. The number of benzene rings is 3. The molecule has 0 fully saturated rings. The lowest BCUT2D eigenvalue weighted by molar-refractivity contribution is -0.135. The number of ether oxygens (including phenoxy) is 1. The van der Waals surface area contributed by atoms with E-state index in [4.69, 9.17) is 4.74 Å². The molecule has 0 radical (unpaired) electrons. The number of fused-ring (bicyclic) bond motifs is 1. The number of phenols is 2. The number of carbonyl (C=O) groups is 2. The van der Waals surface area contributed by atoms with Gasteiger partial charge < -0.3 is 14.9 Å². The third-order valence-corrected chi connectivity index (χ3v) is 5.65. The summed E-state index contributed by atoms with van der Waals surface area (Å²) in [4.78, 5) is 25.8. The van der Waals surface area contributed by atoms with Crippen LogP contribution in [0.15, 0.2) is 72.3 Å². The fraction of sp³-hybridized carbons (Fsp3) is 0.185. The third-order valence-electron chi connectivity index (χ3n) is 5.65. The Balaban J connectivity index is 2.01. The van der Waals surface area contributed by atoms with Crippen molar-refractivity contribution in [1.82, 2.24) is 0 Å². The lowest BCUT2D eigenvalue weighted by atomic mass is 9.81. The molecule has 1 atom stereocenters. The molecular weight excluding hydrogens is 404 g/mol. The Bertz CT molecular complexity index is 1210. The van der Waals surface area contributed by atoms with Crippen LogP contribution in [0.4, 0.5) is 0 Å². The molecule has 1 aliphatic heterocycles. The summed E-state index contributed by atoms with van der Waals surface area (Å²) >= 11 is 0. The Labute approximate surface area is 186 Å². The highest BCUT2D eigenvalue weighted by molar-refractivity contribution is 6.13. The van der Waals surface area contributed by atoms with Gasteiger partial charge in [0.1, 0.15) is 22.8 Å². The van der Waals surface area contributed by atoms with E-state index in [0.717, 1.165) is 11.1 Å². The zero-order valence-corrected chi connectivity index (χ0v) is 18.0. The Morgan fingerprint density at radius 3 is 2.25 bits per heavy atom. The first-order chi connectivity index (χ1) is 15.4. The Morgan fingerprint density at radius 1 is 1.00 bits per heavy atom. The predicted molar refractivity (Wildman–Crippen MR) is 121 cm³/mol. The maximum atomic E-state index is 13.3. The van der Waals surface area contributed by atoms with E-state index in [0.29, 0.717) is 16.7 Å². The zero-order valence-electron chi connectivity index (χ0n) is 18.0. The molecule has 3 aromatic rings. The number of ketones is 1. The standard InChI is InChI=1S/C27H24O5/c1-16(2)13-14-19-25(30)23(24(29)18-11-7-4-8-12-18)26(31)22-20(15-21(28)32-27(19)22)17-9-5-3-6-10-17/h3-13,20,30-31H,14-15H2,1-2H3/t20-/m1/s1. The Kier molecular flexibility index (Phi) is 5.82. The number of carbonyl (C=O) groups excluding carboxylic acids is 2. The van der Waals surface area contributed by atoms with Gasteiger partial charge in [0.25, 0.3) is 0 Å². The van der Waals surface area contributed by atoms with Crippen LogP contribution in [0.5, 0.6) is 17.2 Å². The van der Waals surface area contributed by atoms with Gasteiger partial charge in [0, 0.05) is 22.6 Å². The van der Waals surface area contributed by atoms with Crippen molar-refractivity contribution in [3.8, 4) is 17.2 Å². The van der Waals surface area contributed by atoms with Crippen molar-refractivity contribution in [3.63, 3.8) is 0 Å². The highest BCUT2D eigenvalue weighted by Crippen LogP contribution is 2.51. The Morgan fingerprint density at radius 2 is 1.62 bits per heavy atom. The summed E-state index contributed by atoms with van der Waals surface area (Å²) < 4.78 is 5.55. The summed E-state index contributed by atoms with van der Waals surface area (Å²) in [6.07, 6.45) is 2.15. The van der Waals surface area contributed by atoms with Gasteiger partial charge >= 0.3 is 5.97 Å². The normalized spacial score (nSPS) is 14.9. The van der Waals surface area contributed by atoms with Crippen LogP contribution < -0.4 is 4.74 Å². The fourth-order valence-electron chi connectivity index (χ4n) is 4.05. The van der Waals surface area contributed by atoms with Crippen molar-refractivity contribution in [1.29, 1.82) is 0 Å². The van der Waals surface area contributed by atoms with E-state index < -0.39 is 17.7 Å². The van der Waals surface area contributed by atoms with Crippen LogP contribution >= 0.6 is 0 Å². The number of allylic oxidation sites excluding steroid dienone is 2. The van der Waals surface area contributed by atoms with Crippen molar-refractivity contribution in [2.45, 2.75) is 32.6 Å². The Hall–Kier alpha value is -3.86. The molecule has 32 heavy (non-hydrogen) atoms. The molecule has 0 saturated carbocycles. The highest BCUT2D eigenvalue weighted by Gasteiger charge is 2.37. The SMILES string of the molecule is CC(C)=CCc1c(O)c(C(=O)c2ccccc2)c(O)c2c1OC(=O)C[C@@H]2c1ccccc1. The van der Waals surface area contributed by atoms with Crippen LogP contribution in [0, 0.1) is 0 Å². The van der Waals surface area contributed by atoms with Gasteiger partial charge in [-0.3, -0.25) is 9.59 Å². The van der Waals surface area contributed by atoms with E-state index in [1.165, 1.54) is 0 Å². The van der Waals surface area contributed by atoms with Crippen LogP contribution in [0.3, 0.4) is 0 Å². The number of hydrogen-bond acceptors (Lipinski definition) is 5. The van der Waals surface area contributed by atoms with E-state index in [1.54, 1.807) is 30.3 Å². The second kappa shape index (κ2) is 8.71. The molecule has 0 bridgehead atoms. The smallest absolute Gasteiger partial charge is 0.312 e. The van der Waals surface area contributed by atoms with E-state index in [2.05, 4.69) is 0 Å². The maximum Gasteiger partial charge on any atom is 0.312 e. The van der Waals surface area contributed by atoms with Gasteiger partial charge in [-0.1, -0.05) is 72.3 Å². The minimum absolute atomic E-state index is 0.0242. The van der Waals surface area contributed by atoms with Gasteiger partial charge in [0.2, 0.25) is 5.78 Å². The average Bonchev–Trinajstić information content (AvgIpc) is 2.79. The average molecular weight is 428 g/mol. The molecule has 1 aliphatic rings. The van der Waals surface area contributed by atoms with Crippen LogP contribution in [0.2, 0.25) is 0 Å².